The van der Waals surface area contributed by atoms with Crippen molar-refractivity contribution in [2.75, 3.05) is 0 Å². The number of carbonyl (C=O) groups is 1. The van der Waals surface area contributed by atoms with Gasteiger partial charge in [0.15, 0.2) is 11.5 Å². The summed E-state index contributed by atoms with van der Waals surface area (Å²) in [6.45, 7) is 0.291. The molecule has 1 aliphatic heterocycles. The van der Waals surface area contributed by atoms with Gasteiger partial charge in [-0.15, -0.1) is 0 Å². The van der Waals surface area contributed by atoms with Crippen LogP contribution in [0.5, 0.6) is 11.5 Å². The van der Waals surface area contributed by atoms with Crippen LogP contribution in [0.15, 0.2) is 41.3 Å². The molecule has 2 aromatic rings. The zero-order chi connectivity index (χ0) is 18.1. The van der Waals surface area contributed by atoms with Crippen LogP contribution in [0.1, 0.15) is 11.1 Å². The van der Waals surface area contributed by atoms with Crippen LogP contribution in [0.25, 0.3) is 6.08 Å². The molecule has 1 amide bonds. The first-order valence-corrected chi connectivity index (χ1v) is 9.04. The SMILES string of the molecule is O=C1C(=Cc2ccc(O)c(O)c2)SC(=S)N1Cc1ccc(Cl)c(Cl)c1. The minimum absolute atomic E-state index is 0.218. The molecule has 0 saturated carbocycles. The Morgan fingerprint density at radius 2 is 1.84 bits per heavy atom. The van der Waals surface area contributed by atoms with E-state index in [-0.39, 0.29) is 17.4 Å². The number of hydrogen-bond donors (Lipinski definition) is 2. The Hall–Kier alpha value is -1.73. The number of nitrogens with zero attached hydrogens (tertiary/aromatic N) is 1. The highest BCUT2D eigenvalue weighted by atomic mass is 35.5. The van der Waals surface area contributed by atoms with Crippen LogP contribution >= 0.6 is 47.2 Å². The maximum absolute atomic E-state index is 12.6. The molecular weight excluding hydrogens is 401 g/mol. The van der Waals surface area contributed by atoms with E-state index in [9.17, 15) is 15.0 Å². The monoisotopic (exact) mass is 411 g/mol. The van der Waals surface area contributed by atoms with Gasteiger partial charge >= 0.3 is 0 Å². The van der Waals surface area contributed by atoms with Gasteiger partial charge in [-0.1, -0.05) is 59.3 Å². The van der Waals surface area contributed by atoms with Crippen molar-refractivity contribution >= 4 is 63.5 Å². The van der Waals surface area contributed by atoms with Crippen LogP contribution in [0, 0.1) is 0 Å². The van der Waals surface area contributed by atoms with Crippen LogP contribution in [0.2, 0.25) is 10.0 Å². The maximum atomic E-state index is 12.6. The summed E-state index contributed by atoms with van der Waals surface area (Å²) in [5.74, 6) is -0.696. The second-order valence-corrected chi connectivity index (χ2v) is 7.75. The minimum Gasteiger partial charge on any atom is -0.504 e. The van der Waals surface area contributed by atoms with Crippen LogP contribution in [0.4, 0.5) is 0 Å². The first-order chi connectivity index (χ1) is 11.8. The van der Waals surface area contributed by atoms with Crippen molar-refractivity contribution in [2.45, 2.75) is 6.54 Å². The van der Waals surface area contributed by atoms with E-state index >= 15 is 0 Å². The van der Waals surface area contributed by atoms with Gasteiger partial charge in [-0.25, -0.2) is 0 Å². The molecule has 2 N–H and O–H groups in total. The molecule has 3 rings (SSSR count). The maximum Gasteiger partial charge on any atom is 0.266 e. The third-order valence-corrected chi connectivity index (χ3v) is 5.61. The molecule has 1 heterocycles. The number of carbonyl (C=O) groups excluding carboxylic acids is 1. The number of thioether (sulfide) groups is 1. The lowest BCUT2D eigenvalue weighted by atomic mass is 10.2. The summed E-state index contributed by atoms with van der Waals surface area (Å²) in [5.41, 5.74) is 1.40. The van der Waals surface area contributed by atoms with E-state index in [0.29, 0.717) is 31.4 Å². The molecule has 0 radical (unpaired) electrons. The van der Waals surface area contributed by atoms with E-state index in [4.69, 9.17) is 35.4 Å². The first-order valence-electron chi connectivity index (χ1n) is 7.06. The van der Waals surface area contributed by atoms with Gasteiger partial charge in [0.1, 0.15) is 4.32 Å². The molecule has 2 aromatic carbocycles. The van der Waals surface area contributed by atoms with E-state index in [1.54, 1.807) is 30.3 Å². The lowest BCUT2D eigenvalue weighted by Gasteiger charge is -2.14. The topological polar surface area (TPSA) is 60.8 Å². The number of rotatable bonds is 3. The molecule has 0 spiro atoms. The summed E-state index contributed by atoms with van der Waals surface area (Å²) in [4.78, 5) is 14.5. The molecule has 0 aromatic heterocycles. The zero-order valence-electron chi connectivity index (χ0n) is 12.6. The van der Waals surface area contributed by atoms with E-state index in [0.717, 1.165) is 5.56 Å². The number of aromatic hydroxyl groups is 2. The van der Waals surface area contributed by atoms with E-state index in [1.165, 1.54) is 28.8 Å². The van der Waals surface area contributed by atoms with E-state index < -0.39 is 0 Å². The van der Waals surface area contributed by atoms with Crippen LogP contribution in [0.3, 0.4) is 0 Å². The Balaban J connectivity index is 1.83. The highest BCUT2D eigenvalue weighted by Crippen LogP contribution is 2.35. The fraction of sp³-hybridized carbons (Fsp3) is 0.0588. The Bertz CT molecular complexity index is 915. The average molecular weight is 412 g/mol. The molecule has 25 heavy (non-hydrogen) atoms. The normalized spacial score (nSPS) is 16.1. The molecule has 4 nitrogen and oxygen atoms in total. The highest BCUT2D eigenvalue weighted by Gasteiger charge is 2.32. The summed E-state index contributed by atoms with van der Waals surface area (Å²) < 4.78 is 0.435. The number of halogens is 2. The molecule has 128 valence electrons. The second kappa shape index (κ2) is 7.25. The third kappa shape index (κ3) is 3.93. The highest BCUT2D eigenvalue weighted by molar-refractivity contribution is 8.26. The molecule has 0 atom stereocenters. The summed E-state index contributed by atoms with van der Waals surface area (Å²) in [6, 6.07) is 9.49. The molecule has 8 heteroatoms. The molecule has 0 bridgehead atoms. The standard InChI is InChI=1S/C17H11Cl2NO3S2/c18-11-3-1-10(5-12(11)19)8-20-16(23)15(25-17(20)24)7-9-2-4-13(21)14(22)6-9/h1-7,21-22H,8H2. The van der Waals surface area contributed by atoms with Crippen molar-refractivity contribution in [1.82, 2.24) is 4.90 Å². The van der Waals surface area contributed by atoms with Gasteiger partial charge in [0, 0.05) is 0 Å². The largest absolute Gasteiger partial charge is 0.504 e. The molecule has 1 saturated heterocycles. The molecular formula is C17H11Cl2NO3S2. The molecule has 0 unspecified atom stereocenters. The van der Waals surface area contributed by atoms with Crippen molar-refractivity contribution < 1.29 is 15.0 Å². The summed E-state index contributed by atoms with van der Waals surface area (Å²) in [5, 5.41) is 19.8. The van der Waals surface area contributed by atoms with Gasteiger partial charge < -0.3 is 10.2 Å². The summed E-state index contributed by atoms with van der Waals surface area (Å²) in [6.07, 6.45) is 1.62. The fourth-order valence-electron chi connectivity index (χ4n) is 2.24. The number of hydrogen-bond acceptors (Lipinski definition) is 5. The van der Waals surface area contributed by atoms with Crippen molar-refractivity contribution in [3.8, 4) is 11.5 Å². The van der Waals surface area contributed by atoms with Gasteiger partial charge in [-0.2, -0.15) is 0 Å². The van der Waals surface area contributed by atoms with Crippen molar-refractivity contribution in [1.29, 1.82) is 0 Å². The second-order valence-electron chi connectivity index (χ2n) is 5.26. The van der Waals surface area contributed by atoms with Crippen LogP contribution in [-0.4, -0.2) is 25.3 Å². The smallest absolute Gasteiger partial charge is 0.266 e. The van der Waals surface area contributed by atoms with Crippen molar-refractivity contribution in [3.05, 3.63) is 62.5 Å². The number of benzene rings is 2. The first kappa shape index (κ1) is 18.1. The van der Waals surface area contributed by atoms with Crippen molar-refractivity contribution in [3.63, 3.8) is 0 Å². The third-order valence-electron chi connectivity index (χ3n) is 3.50. The Morgan fingerprint density at radius 3 is 2.52 bits per heavy atom. The Morgan fingerprint density at radius 1 is 1.08 bits per heavy atom. The zero-order valence-corrected chi connectivity index (χ0v) is 15.7. The quantitative estimate of drug-likeness (QED) is 0.431. The molecule has 0 aliphatic carbocycles. The van der Waals surface area contributed by atoms with E-state index in [1.807, 2.05) is 0 Å². The minimum atomic E-state index is -0.250. The number of thiocarbonyl (C=S) groups is 1. The van der Waals surface area contributed by atoms with Gasteiger partial charge in [0.2, 0.25) is 0 Å². The fourth-order valence-corrected chi connectivity index (χ4v) is 3.81. The summed E-state index contributed by atoms with van der Waals surface area (Å²) in [7, 11) is 0. The number of amides is 1. The summed E-state index contributed by atoms with van der Waals surface area (Å²) >= 11 is 18.4. The van der Waals surface area contributed by atoms with Gasteiger partial charge in [0.25, 0.3) is 5.91 Å². The number of phenols is 2. The lowest BCUT2D eigenvalue weighted by Crippen LogP contribution is -2.27. The van der Waals surface area contributed by atoms with Crippen LogP contribution < -0.4 is 0 Å². The molecule has 1 fully saturated rings. The van der Waals surface area contributed by atoms with Gasteiger partial charge in [-0.05, 0) is 41.5 Å². The van der Waals surface area contributed by atoms with E-state index in [2.05, 4.69) is 0 Å². The Kier molecular flexibility index (Phi) is 5.24. The predicted molar refractivity (Wildman–Crippen MR) is 105 cm³/mol. The average Bonchev–Trinajstić information content (AvgIpc) is 2.82. The number of phenolic OH excluding ortho intramolecular Hbond substituents is 2. The van der Waals surface area contributed by atoms with Gasteiger partial charge in [0.05, 0.1) is 21.5 Å². The molecule has 1 aliphatic rings. The van der Waals surface area contributed by atoms with Gasteiger partial charge in [-0.3, -0.25) is 9.69 Å². The lowest BCUT2D eigenvalue weighted by molar-refractivity contribution is -0.122. The van der Waals surface area contributed by atoms with Crippen molar-refractivity contribution in [2.24, 2.45) is 0 Å². The van der Waals surface area contributed by atoms with Crippen LogP contribution in [-0.2, 0) is 11.3 Å². The Labute approximate surface area is 163 Å². The predicted octanol–water partition coefficient (Wildman–Crippen LogP) is 4.81.